The van der Waals surface area contributed by atoms with Gasteiger partial charge in [0, 0.05) is 0 Å². The number of carbonyl (C=O) groups excluding carboxylic acids is 1. The van der Waals surface area contributed by atoms with E-state index in [1.807, 2.05) is 11.8 Å². The summed E-state index contributed by atoms with van der Waals surface area (Å²) < 4.78 is 11.5. The second-order valence-corrected chi connectivity index (χ2v) is 5.92. The molecule has 2 rings (SSSR count). The fraction of sp³-hybridized carbons (Fsp3) is 0.933. The summed E-state index contributed by atoms with van der Waals surface area (Å²) in [6.45, 7) is 7.41. The molecule has 0 aromatic heterocycles. The van der Waals surface area contributed by atoms with Crippen molar-refractivity contribution in [2.24, 2.45) is 0 Å². The Hall–Kier alpha value is -0.610. The van der Waals surface area contributed by atoms with Gasteiger partial charge in [-0.15, -0.1) is 0 Å². The highest BCUT2D eigenvalue weighted by molar-refractivity contribution is 5.81. The third-order valence-electron chi connectivity index (χ3n) is 4.23. The Morgan fingerprint density at radius 3 is 2.37 bits per heavy atom. The van der Waals surface area contributed by atoms with Crippen LogP contribution in [0.3, 0.4) is 0 Å². The summed E-state index contributed by atoms with van der Waals surface area (Å²) in [6.07, 6.45) is 5.47. The molecule has 3 atom stereocenters. The monoisotopic (exact) mass is 269 g/mol. The van der Waals surface area contributed by atoms with Gasteiger partial charge in [0.25, 0.3) is 5.91 Å². The van der Waals surface area contributed by atoms with Crippen LogP contribution in [-0.2, 0) is 14.3 Å². The number of morpholine rings is 1. The van der Waals surface area contributed by atoms with Gasteiger partial charge < -0.3 is 14.4 Å². The lowest BCUT2D eigenvalue weighted by Gasteiger charge is -2.40. The zero-order valence-electron chi connectivity index (χ0n) is 12.4. The lowest BCUT2D eigenvalue weighted by molar-refractivity contribution is -0.160. The van der Waals surface area contributed by atoms with Gasteiger partial charge in [0.05, 0.1) is 31.4 Å². The fourth-order valence-electron chi connectivity index (χ4n) is 3.19. The summed E-state index contributed by atoms with van der Waals surface area (Å²) in [7, 11) is 0. The van der Waals surface area contributed by atoms with E-state index in [1.54, 1.807) is 0 Å². The molecule has 4 heteroatoms. The van der Waals surface area contributed by atoms with E-state index in [-0.39, 0.29) is 24.1 Å². The number of nitrogens with zero attached hydrogens (tertiary/aromatic N) is 1. The van der Waals surface area contributed by atoms with E-state index in [0.29, 0.717) is 19.3 Å². The molecular formula is C15H27NO3. The van der Waals surface area contributed by atoms with Crippen molar-refractivity contribution in [3.05, 3.63) is 0 Å². The SMILES string of the molecule is CCC(OC1CCCC1)C(=O)N1C(C)COCC1C. The van der Waals surface area contributed by atoms with Crippen molar-refractivity contribution in [1.82, 2.24) is 4.90 Å². The van der Waals surface area contributed by atoms with Gasteiger partial charge in [-0.3, -0.25) is 4.79 Å². The third-order valence-corrected chi connectivity index (χ3v) is 4.23. The van der Waals surface area contributed by atoms with Gasteiger partial charge in [-0.1, -0.05) is 19.8 Å². The van der Waals surface area contributed by atoms with Crippen molar-refractivity contribution in [3.8, 4) is 0 Å². The Labute approximate surface area is 116 Å². The first-order valence-corrected chi connectivity index (χ1v) is 7.68. The molecule has 1 aliphatic carbocycles. The molecule has 1 amide bonds. The van der Waals surface area contributed by atoms with Crippen molar-refractivity contribution in [2.75, 3.05) is 13.2 Å². The summed E-state index contributed by atoms with van der Waals surface area (Å²) in [4.78, 5) is 14.6. The topological polar surface area (TPSA) is 38.8 Å². The van der Waals surface area contributed by atoms with Gasteiger partial charge in [0.15, 0.2) is 0 Å². The van der Waals surface area contributed by atoms with E-state index in [9.17, 15) is 4.79 Å². The van der Waals surface area contributed by atoms with Gasteiger partial charge >= 0.3 is 0 Å². The van der Waals surface area contributed by atoms with E-state index in [4.69, 9.17) is 9.47 Å². The van der Waals surface area contributed by atoms with Gasteiger partial charge in [-0.25, -0.2) is 0 Å². The largest absolute Gasteiger partial charge is 0.377 e. The Bertz CT molecular complexity index is 292. The van der Waals surface area contributed by atoms with E-state index in [1.165, 1.54) is 12.8 Å². The van der Waals surface area contributed by atoms with Crippen LogP contribution < -0.4 is 0 Å². The van der Waals surface area contributed by atoms with Gasteiger partial charge in [-0.05, 0) is 33.1 Å². The van der Waals surface area contributed by atoms with Crippen LogP contribution in [0.2, 0.25) is 0 Å². The van der Waals surface area contributed by atoms with E-state index >= 15 is 0 Å². The van der Waals surface area contributed by atoms with Crippen molar-refractivity contribution >= 4 is 5.91 Å². The van der Waals surface area contributed by atoms with Crippen LogP contribution in [0.1, 0.15) is 52.9 Å². The molecule has 4 nitrogen and oxygen atoms in total. The molecule has 1 heterocycles. The van der Waals surface area contributed by atoms with Crippen LogP contribution in [-0.4, -0.2) is 48.3 Å². The minimum Gasteiger partial charge on any atom is -0.377 e. The zero-order valence-corrected chi connectivity index (χ0v) is 12.4. The predicted octanol–water partition coefficient (Wildman–Crippen LogP) is 2.36. The van der Waals surface area contributed by atoms with Crippen molar-refractivity contribution < 1.29 is 14.3 Å². The Morgan fingerprint density at radius 1 is 1.26 bits per heavy atom. The number of hydrogen-bond acceptors (Lipinski definition) is 3. The second kappa shape index (κ2) is 6.71. The molecule has 0 aromatic carbocycles. The normalized spacial score (nSPS) is 30.6. The lowest BCUT2D eigenvalue weighted by Crippen LogP contribution is -2.56. The third kappa shape index (κ3) is 3.48. The highest BCUT2D eigenvalue weighted by Gasteiger charge is 2.35. The van der Waals surface area contributed by atoms with Gasteiger partial charge in [0.1, 0.15) is 6.10 Å². The molecule has 0 radical (unpaired) electrons. The molecular weight excluding hydrogens is 242 g/mol. The molecule has 0 N–H and O–H groups in total. The average Bonchev–Trinajstić information content (AvgIpc) is 2.88. The molecule has 3 unspecified atom stereocenters. The van der Waals surface area contributed by atoms with E-state index in [0.717, 1.165) is 19.3 Å². The summed E-state index contributed by atoms with van der Waals surface area (Å²) in [5, 5.41) is 0. The summed E-state index contributed by atoms with van der Waals surface area (Å²) in [5.74, 6) is 0.151. The molecule has 1 aliphatic heterocycles. The Balaban J connectivity index is 1.97. The molecule has 2 aliphatic rings. The summed E-state index contributed by atoms with van der Waals surface area (Å²) in [6, 6.07) is 0.301. The quantitative estimate of drug-likeness (QED) is 0.786. The van der Waals surface area contributed by atoms with Crippen molar-refractivity contribution in [3.63, 3.8) is 0 Å². The smallest absolute Gasteiger partial charge is 0.252 e. The Kier molecular flexibility index (Phi) is 5.22. The summed E-state index contributed by atoms with van der Waals surface area (Å²) in [5.41, 5.74) is 0. The van der Waals surface area contributed by atoms with E-state index in [2.05, 4.69) is 13.8 Å². The molecule has 0 aromatic rings. The van der Waals surface area contributed by atoms with E-state index < -0.39 is 0 Å². The lowest BCUT2D eigenvalue weighted by atomic mass is 10.1. The molecule has 0 bridgehead atoms. The maximum atomic E-state index is 12.7. The molecule has 1 saturated heterocycles. The maximum Gasteiger partial charge on any atom is 0.252 e. The van der Waals surface area contributed by atoms with Crippen LogP contribution in [0.5, 0.6) is 0 Å². The van der Waals surface area contributed by atoms with Crippen LogP contribution in [0.15, 0.2) is 0 Å². The zero-order chi connectivity index (χ0) is 13.8. The number of carbonyl (C=O) groups is 1. The molecule has 110 valence electrons. The van der Waals surface area contributed by atoms with Crippen LogP contribution in [0, 0.1) is 0 Å². The first-order valence-electron chi connectivity index (χ1n) is 7.68. The first kappa shape index (κ1) is 14.8. The van der Waals surface area contributed by atoms with Gasteiger partial charge in [-0.2, -0.15) is 0 Å². The molecule has 2 fully saturated rings. The second-order valence-electron chi connectivity index (χ2n) is 5.92. The predicted molar refractivity (Wildman–Crippen MR) is 74.0 cm³/mol. The van der Waals surface area contributed by atoms with Crippen molar-refractivity contribution in [1.29, 1.82) is 0 Å². The van der Waals surface area contributed by atoms with Crippen LogP contribution in [0.4, 0.5) is 0 Å². The summed E-state index contributed by atoms with van der Waals surface area (Å²) >= 11 is 0. The standard InChI is InChI=1S/C15H27NO3/c1-4-14(19-13-7-5-6-8-13)15(17)16-11(2)9-18-10-12(16)3/h11-14H,4-10H2,1-3H3. The fourth-order valence-corrected chi connectivity index (χ4v) is 3.19. The number of amides is 1. The highest BCUT2D eigenvalue weighted by atomic mass is 16.5. The number of rotatable bonds is 4. The van der Waals surface area contributed by atoms with Crippen molar-refractivity contribution in [2.45, 2.75) is 77.2 Å². The number of ether oxygens (including phenoxy) is 2. The Morgan fingerprint density at radius 2 is 1.84 bits per heavy atom. The number of hydrogen-bond donors (Lipinski definition) is 0. The minimum absolute atomic E-state index is 0.150. The first-order chi connectivity index (χ1) is 9.13. The van der Waals surface area contributed by atoms with Gasteiger partial charge in [0.2, 0.25) is 0 Å². The van der Waals surface area contributed by atoms with Crippen LogP contribution in [0.25, 0.3) is 0 Å². The molecule has 0 spiro atoms. The minimum atomic E-state index is -0.272. The maximum absolute atomic E-state index is 12.7. The average molecular weight is 269 g/mol. The highest BCUT2D eigenvalue weighted by Crippen LogP contribution is 2.24. The molecule has 1 saturated carbocycles. The van der Waals surface area contributed by atoms with Crippen LogP contribution >= 0.6 is 0 Å². The molecule has 19 heavy (non-hydrogen) atoms.